The minimum Gasteiger partial charge on any atom is -0.410 e. The number of rotatable bonds is 4. The summed E-state index contributed by atoms with van der Waals surface area (Å²) in [4.78, 5) is 20.4. The number of aryl methyl sites for hydroxylation is 1. The maximum absolute atomic E-state index is 12.3. The molecule has 2 aromatic carbocycles. The third-order valence-corrected chi connectivity index (χ3v) is 6.95. The van der Waals surface area contributed by atoms with Crippen LogP contribution >= 0.6 is 34.7 Å². The number of fused-ring (bicyclic) bond motifs is 2. The normalized spacial score (nSPS) is 11.5. The summed E-state index contributed by atoms with van der Waals surface area (Å²) in [6.07, 6.45) is 0. The maximum Gasteiger partial charge on any atom is 0.277 e. The predicted octanol–water partition coefficient (Wildman–Crippen LogP) is 5.44. The van der Waals surface area contributed by atoms with Gasteiger partial charge in [-0.1, -0.05) is 53.7 Å². The van der Waals surface area contributed by atoms with Gasteiger partial charge in [0.2, 0.25) is 0 Å². The molecular weight excluding hydrogens is 428 g/mol. The van der Waals surface area contributed by atoms with Crippen LogP contribution in [0.3, 0.4) is 0 Å². The zero-order valence-corrected chi connectivity index (χ0v) is 17.5. The van der Waals surface area contributed by atoms with Crippen LogP contribution in [0.2, 0.25) is 5.02 Å². The van der Waals surface area contributed by atoms with Gasteiger partial charge in [0.05, 0.1) is 21.7 Å². The molecule has 9 heteroatoms. The van der Waals surface area contributed by atoms with Gasteiger partial charge in [-0.05, 0) is 24.6 Å². The Hall–Kier alpha value is -2.68. The van der Waals surface area contributed by atoms with Crippen LogP contribution in [0.4, 0.5) is 0 Å². The molecule has 0 aliphatic rings. The molecule has 3 heterocycles. The Bertz CT molecular complexity index is 1420. The van der Waals surface area contributed by atoms with Gasteiger partial charge in [0, 0.05) is 10.1 Å². The summed E-state index contributed by atoms with van der Waals surface area (Å²) >= 11 is 9.31. The molecule has 6 nitrogen and oxygen atoms in total. The number of nitrogens with zero attached hydrogens (tertiary/aromatic N) is 3. The van der Waals surface area contributed by atoms with E-state index >= 15 is 0 Å². The van der Waals surface area contributed by atoms with Gasteiger partial charge in [0.1, 0.15) is 10.7 Å². The molecule has 5 rings (SSSR count). The van der Waals surface area contributed by atoms with E-state index in [2.05, 4.69) is 20.2 Å². The first-order valence-corrected chi connectivity index (χ1v) is 10.9. The highest BCUT2D eigenvalue weighted by Crippen LogP contribution is 2.41. The average molecular weight is 441 g/mol. The highest BCUT2D eigenvalue weighted by Gasteiger charge is 2.18. The fourth-order valence-corrected chi connectivity index (χ4v) is 5.13. The number of aromatic nitrogens is 4. The summed E-state index contributed by atoms with van der Waals surface area (Å²) in [5, 5.41) is 10.8. The summed E-state index contributed by atoms with van der Waals surface area (Å²) in [5.41, 5.74) is 1.51. The standard InChI is InChI=1S/C20H13ClN4O2S2/c1-10-5-4-7-12-16(10)22-14(23-18(12)26)9-28-20-25-24-19(27-20)17-15(21)11-6-2-3-8-13(11)29-17/h2-8H,9H2,1H3,(H,22,23,26). The van der Waals surface area contributed by atoms with Gasteiger partial charge in [-0.2, -0.15) is 0 Å². The Morgan fingerprint density at radius 2 is 1.97 bits per heavy atom. The fourth-order valence-electron chi connectivity index (χ4n) is 3.06. The number of hydrogen-bond donors (Lipinski definition) is 1. The molecule has 1 N–H and O–H groups in total. The highest BCUT2D eigenvalue weighted by molar-refractivity contribution is 7.98. The van der Waals surface area contributed by atoms with Gasteiger partial charge in [-0.15, -0.1) is 21.5 Å². The van der Waals surface area contributed by atoms with Gasteiger partial charge in [0.25, 0.3) is 16.7 Å². The van der Waals surface area contributed by atoms with Gasteiger partial charge >= 0.3 is 0 Å². The number of thiophene rings is 1. The van der Waals surface area contributed by atoms with Crippen molar-refractivity contribution in [1.82, 2.24) is 20.2 Å². The molecule has 0 unspecified atom stereocenters. The van der Waals surface area contributed by atoms with Crippen LogP contribution in [0.25, 0.3) is 31.8 Å². The average Bonchev–Trinajstić information content (AvgIpc) is 3.32. The lowest BCUT2D eigenvalue weighted by molar-refractivity contribution is 0.466. The minimum atomic E-state index is -0.155. The number of H-pyrrole nitrogens is 1. The van der Waals surface area contributed by atoms with Crippen molar-refractivity contribution < 1.29 is 4.42 Å². The van der Waals surface area contributed by atoms with Crippen molar-refractivity contribution in [2.75, 3.05) is 0 Å². The van der Waals surface area contributed by atoms with Crippen LogP contribution in [0.15, 0.2) is 56.9 Å². The van der Waals surface area contributed by atoms with Crippen LogP contribution in [-0.4, -0.2) is 20.2 Å². The fraction of sp³-hybridized carbons (Fsp3) is 0.100. The zero-order chi connectivity index (χ0) is 20.0. The molecule has 0 atom stereocenters. The molecule has 0 aliphatic heterocycles. The Morgan fingerprint density at radius 3 is 2.83 bits per heavy atom. The van der Waals surface area contributed by atoms with Gasteiger partial charge < -0.3 is 9.40 Å². The second-order valence-corrected chi connectivity index (χ2v) is 8.74. The van der Waals surface area contributed by atoms with Crippen molar-refractivity contribution in [3.05, 3.63) is 69.2 Å². The molecule has 0 saturated heterocycles. The third-order valence-electron chi connectivity index (χ3n) is 4.45. The van der Waals surface area contributed by atoms with Crippen molar-refractivity contribution in [1.29, 1.82) is 0 Å². The van der Waals surface area contributed by atoms with E-state index in [1.54, 1.807) is 6.07 Å². The summed E-state index contributed by atoms with van der Waals surface area (Å²) in [5.74, 6) is 1.34. The van der Waals surface area contributed by atoms with E-state index in [1.807, 2.05) is 43.3 Å². The topological polar surface area (TPSA) is 84.7 Å². The molecule has 0 spiro atoms. The molecule has 5 aromatic rings. The first-order chi connectivity index (χ1) is 14.1. The summed E-state index contributed by atoms with van der Waals surface area (Å²) in [7, 11) is 0. The van der Waals surface area contributed by atoms with Crippen molar-refractivity contribution in [2.45, 2.75) is 17.9 Å². The SMILES string of the molecule is Cc1cccc2c(=O)[nH]c(CSc3nnc(-c4sc5ccccc5c4Cl)o3)nc12. The maximum atomic E-state index is 12.3. The predicted molar refractivity (Wildman–Crippen MR) is 117 cm³/mol. The molecule has 0 amide bonds. The Kier molecular flexibility index (Phi) is 4.61. The third kappa shape index (κ3) is 3.33. The second kappa shape index (κ2) is 7.29. The number of aromatic amines is 1. The number of thioether (sulfide) groups is 1. The second-order valence-electron chi connectivity index (χ2n) is 6.39. The molecule has 0 fully saturated rings. The molecular formula is C20H13ClN4O2S2. The van der Waals surface area contributed by atoms with E-state index in [-0.39, 0.29) is 5.56 Å². The molecule has 29 heavy (non-hydrogen) atoms. The number of nitrogens with one attached hydrogen (secondary N) is 1. The van der Waals surface area contributed by atoms with E-state index in [4.69, 9.17) is 16.0 Å². The van der Waals surface area contributed by atoms with E-state index in [1.165, 1.54) is 23.1 Å². The molecule has 3 aromatic heterocycles. The largest absolute Gasteiger partial charge is 0.410 e. The van der Waals surface area contributed by atoms with E-state index in [0.29, 0.717) is 38.6 Å². The van der Waals surface area contributed by atoms with Crippen LogP contribution in [0.1, 0.15) is 11.4 Å². The molecule has 0 bridgehead atoms. The number of benzene rings is 2. The first kappa shape index (κ1) is 18.4. The van der Waals surface area contributed by atoms with E-state index in [9.17, 15) is 4.79 Å². The van der Waals surface area contributed by atoms with Crippen molar-refractivity contribution in [2.24, 2.45) is 0 Å². The minimum absolute atomic E-state index is 0.155. The summed E-state index contributed by atoms with van der Waals surface area (Å²) in [6.45, 7) is 1.94. The first-order valence-electron chi connectivity index (χ1n) is 8.72. The van der Waals surface area contributed by atoms with Crippen LogP contribution < -0.4 is 5.56 Å². The van der Waals surface area contributed by atoms with Gasteiger partial charge in [0.15, 0.2) is 0 Å². The Labute approximate surface area is 178 Å². The highest BCUT2D eigenvalue weighted by atomic mass is 35.5. The van der Waals surface area contributed by atoms with Crippen LogP contribution in [-0.2, 0) is 5.75 Å². The van der Waals surface area contributed by atoms with E-state index < -0.39 is 0 Å². The van der Waals surface area contributed by atoms with Crippen LogP contribution in [0, 0.1) is 6.92 Å². The van der Waals surface area contributed by atoms with E-state index in [0.717, 1.165) is 20.5 Å². The molecule has 0 saturated carbocycles. The number of halogens is 1. The Morgan fingerprint density at radius 1 is 1.14 bits per heavy atom. The molecule has 0 aliphatic carbocycles. The van der Waals surface area contributed by atoms with Crippen LogP contribution in [0.5, 0.6) is 0 Å². The van der Waals surface area contributed by atoms with Gasteiger partial charge in [-0.3, -0.25) is 4.79 Å². The molecule has 144 valence electrons. The van der Waals surface area contributed by atoms with Crippen molar-refractivity contribution in [3.8, 4) is 10.8 Å². The van der Waals surface area contributed by atoms with Gasteiger partial charge in [-0.25, -0.2) is 4.98 Å². The quantitative estimate of drug-likeness (QED) is 0.374. The molecule has 0 radical (unpaired) electrons. The summed E-state index contributed by atoms with van der Waals surface area (Å²) in [6, 6.07) is 13.4. The smallest absolute Gasteiger partial charge is 0.277 e. The number of hydrogen-bond acceptors (Lipinski definition) is 7. The zero-order valence-electron chi connectivity index (χ0n) is 15.1. The summed E-state index contributed by atoms with van der Waals surface area (Å²) < 4.78 is 6.85. The monoisotopic (exact) mass is 440 g/mol. The van der Waals surface area contributed by atoms with Crippen molar-refractivity contribution in [3.63, 3.8) is 0 Å². The Balaban J connectivity index is 1.41. The number of para-hydroxylation sites is 1. The van der Waals surface area contributed by atoms with Crippen molar-refractivity contribution >= 4 is 55.7 Å². The lowest BCUT2D eigenvalue weighted by atomic mass is 10.1. The lowest BCUT2D eigenvalue weighted by Crippen LogP contribution is -2.11. The lowest BCUT2D eigenvalue weighted by Gasteiger charge is -2.03.